The first-order chi connectivity index (χ1) is 22.4. The maximum absolute atomic E-state index is 10.1. The molecule has 0 saturated heterocycles. The molecule has 0 fully saturated rings. The van der Waals surface area contributed by atoms with Crippen LogP contribution >= 0.6 is 0 Å². The van der Waals surface area contributed by atoms with Crippen LogP contribution in [0, 0.1) is 16.7 Å². The molecular weight excluding hydrogens is 592 g/mol. The van der Waals surface area contributed by atoms with Crippen molar-refractivity contribution in [1.29, 1.82) is 0 Å². The van der Waals surface area contributed by atoms with Crippen LogP contribution in [0.1, 0.15) is 102 Å². The molecule has 0 aromatic rings. The van der Waals surface area contributed by atoms with Crippen LogP contribution in [0.3, 0.4) is 0 Å². The molecule has 0 amide bonds. The Kier molecular flexibility index (Phi) is 18.4. The lowest BCUT2D eigenvalue weighted by molar-refractivity contribution is -0.140. The monoisotopic (exact) mass is 656 g/mol. The standard InChI is InChI=1S/C40H56O2.C4H8O2/c1-29(17-13-19-31(3)21-23-37-33(5)25-35(41)27-39(37,7)8)15-11-12-16-30(2)18-14-20-32(4)22-24-38-34(6)26-36(42)28-40(38,9)10;1-3-6-4(2)5/h11-25,35-37,41-42H,26-28H2,1-10H3;3H2,1-2H3/b12-11+,17-13+,18-14+,23-21+,24-22+,29-15+,30-16+,31-19+,32-20+;/t35?,36-,37+;/m1./s1. The summed E-state index contributed by atoms with van der Waals surface area (Å²) in [4.78, 5) is 9.82. The Hall–Kier alpha value is -3.47. The predicted molar refractivity (Wildman–Crippen MR) is 206 cm³/mol. The molecule has 0 radical (unpaired) electrons. The minimum atomic E-state index is -0.331. The van der Waals surface area contributed by atoms with Gasteiger partial charge in [-0.3, -0.25) is 4.79 Å². The predicted octanol–water partition coefficient (Wildman–Crippen LogP) is 11.0. The van der Waals surface area contributed by atoms with Crippen molar-refractivity contribution in [1.82, 2.24) is 0 Å². The lowest BCUT2D eigenvalue weighted by Gasteiger charge is -2.38. The number of ether oxygens (including phenoxy) is 1. The lowest BCUT2D eigenvalue weighted by atomic mass is 9.67. The Balaban J connectivity index is 0.00000175. The van der Waals surface area contributed by atoms with Gasteiger partial charge >= 0.3 is 5.97 Å². The zero-order valence-electron chi connectivity index (χ0n) is 31.9. The summed E-state index contributed by atoms with van der Waals surface area (Å²) in [5, 5.41) is 20.2. The molecule has 0 aromatic heterocycles. The van der Waals surface area contributed by atoms with Gasteiger partial charge in [-0.05, 0) is 84.1 Å². The van der Waals surface area contributed by atoms with E-state index in [-0.39, 0.29) is 29.0 Å². The number of hydrogen-bond donors (Lipinski definition) is 2. The van der Waals surface area contributed by atoms with E-state index in [1.54, 1.807) is 6.92 Å². The first kappa shape index (κ1) is 42.6. The van der Waals surface area contributed by atoms with Gasteiger partial charge in [0.25, 0.3) is 0 Å². The maximum Gasteiger partial charge on any atom is 0.302 e. The van der Waals surface area contributed by atoms with E-state index in [1.165, 1.54) is 45.9 Å². The Labute approximate surface area is 293 Å². The molecule has 264 valence electrons. The van der Waals surface area contributed by atoms with Crippen molar-refractivity contribution in [2.24, 2.45) is 16.7 Å². The number of carbonyl (C=O) groups is 1. The third-order valence-corrected chi connectivity index (χ3v) is 8.68. The van der Waals surface area contributed by atoms with E-state index in [9.17, 15) is 15.0 Å². The number of allylic oxidation sites excluding steroid dienone is 20. The summed E-state index contributed by atoms with van der Waals surface area (Å²) in [5.41, 5.74) is 8.73. The summed E-state index contributed by atoms with van der Waals surface area (Å²) in [6.07, 6.45) is 33.8. The van der Waals surface area contributed by atoms with Gasteiger partial charge in [0.1, 0.15) is 0 Å². The van der Waals surface area contributed by atoms with Gasteiger partial charge in [0, 0.05) is 12.8 Å². The van der Waals surface area contributed by atoms with E-state index in [4.69, 9.17) is 0 Å². The molecule has 0 saturated carbocycles. The Bertz CT molecular complexity index is 1410. The normalized spacial score (nSPS) is 24.2. The molecule has 4 heteroatoms. The number of esters is 1. The second-order valence-electron chi connectivity index (χ2n) is 14.7. The van der Waals surface area contributed by atoms with E-state index < -0.39 is 0 Å². The van der Waals surface area contributed by atoms with Crippen LogP contribution in [0.2, 0.25) is 0 Å². The van der Waals surface area contributed by atoms with Crippen molar-refractivity contribution in [2.45, 2.75) is 115 Å². The molecule has 0 spiro atoms. The van der Waals surface area contributed by atoms with Gasteiger partial charge in [0.2, 0.25) is 0 Å². The fraction of sp³-hybridized carbons (Fsp3) is 0.477. The van der Waals surface area contributed by atoms with Crippen LogP contribution < -0.4 is 0 Å². The van der Waals surface area contributed by atoms with Gasteiger partial charge in [-0.2, -0.15) is 0 Å². The van der Waals surface area contributed by atoms with Crippen LogP contribution in [0.25, 0.3) is 0 Å². The zero-order valence-corrected chi connectivity index (χ0v) is 31.9. The van der Waals surface area contributed by atoms with Crippen molar-refractivity contribution >= 4 is 5.97 Å². The molecule has 2 aliphatic carbocycles. The molecule has 0 aromatic carbocycles. The number of rotatable bonds is 11. The Morgan fingerprint density at radius 3 is 1.75 bits per heavy atom. The molecule has 2 rings (SSSR count). The smallest absolute Gasteiger partial charge is 0.302 e. The Morgan fingerprint density at radius 2 is 1.29 bits per heavy atom. The number of aliphatic hydroxyl groups is 2. The second kappa shape index (κ2) is 20.8. The van der Waals surface area contributed by atoms with Gasteiger partial charge in [-0.15, -0.1) is 0 Å². The molecule has 2 N–H and O–H groups in total. The third kappa shape index (κ3) is 16.6. The number of aliphatic hydroxyl groups excluding tert-OH is 2. The van der Waals surface area contributed by atoms with Crippen LogP contribution in [0.4, 0.5) is 0 Å². The van der Waals surface area contributed by atoms with E-state index in [0.717, 1.165) is 19.3 Å². The van der Waals surface area contributed by atoms with Gasteiger partial charge in [0.15, 0.2) is 0 Å². The van der Waals surface area contributed by atoms with E-state index in [1.807, 2.05) is 6.08 Å². The highest BCUT2D eigenvalue weighted by atomic mass is 16.5. The molecule has 4 nitrogen and oxygen atoms in total. The summed E-state index contributed by atoms with van der Waals surface area (Å²) in [5.74, 6) is 0.137. The minimum Gasteiger partial charge on any atom is -0.466 e. The summed E-state index contributed by atoms with van der Waals surface area (Å²) < 4.78 is 4.40. The molecule has 3 atom stereocenters. The molecule has 1 unspecified atom stereocenters. The largest absolute Gasteiger partial charge is 0.466 e. The fourth-order valence-electron chi connectivity index (χ4n) is 6.35. The van der Waals surface area contributed by atoms with Crippen molar-refractivity contribution in [3.8, 4) is 0 Å². The maximum atomic E-state index is 10.1. The highest BCUT2D eigenvalue weighted by Gasteiger charge is 2.34. The van der Waals surface area contributed by atoms with Crippen molar-refractivity contribution in [3.05, 3.63) is 130 Å². The highest BCUT2D eigenvalue weighted by Crippen LogP contribution is 2.42. The lowest BCUT2D eigenvalue weighted by Crippen LogP contribution is -2.32. The zero-order chi connectivity index (χ0) is 36.5. The van der Waals surface area contributed by atoms with Gasteiger partial charge < -0.3 is 14.9 Å². The average molecular weight is 657 g/mol. The van der Waals surface area contributed by atoms with E-state index in [0.29, 0.717) is 12.5 Å². The quantitative estimate of drug-likeness (QED) is 0.132. The van der Waals surface area contributed by atoms with Crippen LogP contribution in [-0.4, -0.2) is 35.0 Å². The van der Waals surface area contributed by atoms with Crippen LogP contribution in [0.5, 0.6) is 0 Å². The number of hydrogen-bond acceptors (Lipinski definition) is 4. The van der Waals surface area contributed by atoms with Gasteiger partial charge in [-0.1, -0.05) is 152 Å². The van der Waals surface area contributed by atoms with Gasteiger partial charge in [0.05, 0.1) is 18.8 Å². The van der Waals surface area contributed by atoms with Crippen molar-refractivity contribution < 1.29 is 19.7 Å². The SMILES string of the molecule is CC1=CC(O)CC(C)(C)[C@H]1/C=C/C(C)=C/C=C/C(C)=C/C=C/C=C(C)/C=C/C=C(C)/C=C/C1=C(C)C[C@@H](O)CC1(C)C.CCOC(C)=O. The van der Waals surface area contributed by atoms with Crippen molar-refractivity contribution in [2.75, 3.05) is 6.61 Å². The molecule has 2 aliphatic rings. The second-order valence-corrected chi connectivity index (χ2v) is 14.7. The third-order valence-electron chi connectivity index (χ3n) is 8.68. The Morgan fingerprint density at radius 1 is 0.792 bits per heavy atom. The summed E-state index contributed by atoms with van der Waals surface area (Å²) in [6.45, 7) is 25.3. The molecule has 0 aliphatic heterocycles. The summed E-state index contributed by atoms with van der Waals surface area (Å²) in [7, 11) is 0. The molecule has 0 bridgehead atoms. The molecule has 0 heterocycles. The average Bonchev–Trinajstić information content (AvgIpc) is 2.93. The van der Waals surface area contributed by atoms with E-state index in [2.05, 4.69) is 159 Å². The van der Waals surface area contributed by atoms with Crippen LogP contribution in [-0.2, 0) is 9.53 Å². The van der Waals surface area contributed by atoms with Crippen LogP contribution in [0.15, 0.2) is 130 Å². The fourth-order valence-corrected chi connectivity index (χ4v) is 6.35. The number of carbonyl (C=O) groups excluding carboxylic acids is 1. The minimum absolute atomic E-state index is 0.00528. The molecule has 48 heavy (non-hydrogen) atoms. The first-order valence-electron chi connectivity index (χ1n) is 17.3. The summed E-state index contributed by atoms with van der Waals surface area (Å²) in [6, 6.07) is 0. The van der Waals surface area contributed by atoms with Gasteiger partial charge in [-0.25, -0.2) is 0 Å². The van der Waals surface area contributed by atoms with Crippen molar-refractivity contribution in [3.63, 3.8) is 0 Å². The summed E-state index contributed by atoms with van der Waals surface area (Å²) >= 11 is 0. The first-order valence-corrected chi connectivity index (χ1v) is 17.3. The molecular formula is C44H64O4. The highest BCUT2D eigenvalue weighted by molar-refractivity contribution is 5.65. The van der Waals surface area contributed by atoms with E-state index >= 15 is 0 Å². The topological polar surface area (TPSA) is 66.8 Å².